The van der Waals surface area contributed by atoms with Crippen molar-refractivity contribution in [3.05, 3.63) is 57.5 Å². The molecule has 1 atom stereocenters. The second-order valence-electron chi connectivity index (χ2n) is 5.15. The van der Waals surface area contributed by atoms with Gasteiger partial charge >= 0.3 is 0 Å². The first-order valence-electron chi connectivity index (χ1n) is 7.77. The second kappa shape index (κ2) is 10.3. The highest BCUT2D eigenvalue weighted by Crippen LogP contribution is 2.31. The lowest BCUT2D eigenvalue weighted by atomic mass is 10.0. The van der Waals surface area contributed by atoms with E-state index in [-0.39, 0.29) is 14.9 Å². The van der Waals surface area contributed by atoms with E-state index in [9.17, 15) is 0 Å². The molecular weight excluding hydrogens is 516 g/mol. The third kappa shape index (κ3) is 5.83. The summed E-state index contributed by atoms with van der Waals surface area (Å²) in [5.41, 5.74) is 3.17. The van der Waals surface area contributed by atoms with Crippen LogP contribution in [0.3, 0.4) is 0 Å². The van der Waals surface area contributed by atoms with Gasteiger partial charge in [0, 0.05) is 26.0 Å². The van der Waals surface area contributed by atoms with Gasteiger partial charge in [-0.05, 0) is 24.3 Å². The second-order valence-corrected chi connectivity index (χ2v) is 8.03. The van der Waals surface area contributed by atoms with Crippen LogP contribution in [-0.4, -0.2) is 27.7 Å². The molecule has 0 radical (unpaired) electrons. The fourth-order valence-electron chi connectivity index (χ4n) is 2.15. The maximum Gasteiger partial charge on any atom is 0.288 e. The number of alkyl halides is 1. The average Bonchev–Trinajstić information content (AvgIpc) is 2.69. The van der Waals surface area contributed by atoms with Crippen LogP contribution in [0.15, 0.2) is 67.5 Å². The van der Waals surface area contributed by atoms with E-state index >= 15 is 0 Å². The molecule has 0 bridgehead atoms. The standard InChI is InChI=1S/C17H13Br2ClN5OP/c18-13-5-1-11(2-6-13)15-16(12-3-7-14(19)8-4-12)22-23-17(21-15)24-25-27-26-10-9-20/h1-8,27H,9-10H2/b25-24+. The van der Waals surface area contributed by atoms with E-state index < -0.39 is 0 Å². The maximum absolute atomic E-state index is 5.55. The Bertz CT molecular complexity index is 926. The normalized spacial score (nSPS) is 11.7. The molecule has 0 aliphatic rings. The highest BCUT2D eigenvalue weighted by molar-refractivity contribution is 9.10. The summed E-state index contributed by atoms with van der Waals surface area (Å²) >= 11 is 12.4. The molecule has 0 fully saturated rings. The summed E-state index contributed by atoms with van der Waals surface area (Å²) in [4.78, 5) is 8.49. The SMILES string of the molecule is ClCCOP/N=N/c1nnc(-c2ccc(Br)cc2)c(-c2ccc(Br)cc2)n1. The third-order valence-corrected chi connectivity index (χ3v) is 5.06. The number of halogens is 3. The van der Waals surface area contributed by atoms with Gasteiger partial charge in [0.25, 0.3) is 5.95 Å². The van der Waals surface area contributed by atoms with Gasteiger partial charge in [-0.3, -0.25) is 0 Å². The van der Waals surface area contributed by atoms with Crippen molar-refractivity contribution >= 4 is 58.4 Å². The third-order valence-electron chi connectivity index (χ3n) is 3.33. The number of rotatable bonds is 7. The fourth-order valence-corrected chi connectivity index (χ4v) is 3.27. The first-order chi connectivity index (χ1) is 13.2. The molecule has 3 aromatic rings. The van der Waals surface area contributed by atoms with Crippen LogP contribution in [0.1, 0.15) is 0 Å². The molecule has 1 unspecified atom stereocenters. The van der Waals surface area contributed by atoms with E-state index in [2.05, 4.69) is 57.0 Å². The van der Waals surface area contributed by atoms with E-state index in [1.54, 1.807) is 0 Å². The Morgan fingerprint density at radius 3 is 2.07 bits per heavy atom. The zero-order valence-electron chi connectivity index (χ0n) is 13.8. The average molecular weight is 530 g/mol. The van der Waals surface area contributed by atoms with Gasteiger partial charge in [-0.25, -0.2) is 4.98 Å². The molecule has 1 heterocycles. The largest absolute Gasteiger partial charge is 0.337 e. The minimum Gasteiger partial charge on any atom is -0.337 e. The summed E-state index contributed by atoms with van der Waals surface area (Å²) in [6.07, 6.45) is 0. The molecule has 10 heteroatoms. The van der Waals surface area contributed by atoms with Crippen molar-refractivity contribution in [2.75, 3.05) is 12.5 Å². The van der Waals surface area contributed by atoms with Crippen molar-refractivity contribution < 1.29 is 4.52 Å². The van der Waals surface area contributed by atoms with Crippen molar-refractivity contribution in [2.45, 2.75) is 0 Å². The molecule has 0 aliphatic carbocycles. The molecule has 27 heavy (non-hydrogen) atoms. The topological polar surface area (TPSA) is 72.6 Å². The number of aromatic nitrogens is 3. The van der Waals surface area contributed by atoms with Crippen molar-refractivity contribution in [3.8, 4) is 22.5 Å². The molecule has 0 saturated carbocycles. The molecular formula is C17H13Br2ClN5OP. The Labute approximate surface area is 180 Å². The molecule has 2 aromatic carbocycles. The number of hydrogen-bond donors (Lipinski definition) is 0. The smallest absolute Gasteiger partial charge is 0.288 e. The quantitative estimate of drug-likeness (QED) is 0.150. The van der Waals surface area contributed by atoms with E-state index in [1.165, 1.54) is 0 Å². The van der Waals surface area contributed by atoms with Crippen LogP contribution in [-0.2, 0) is 4.52 Å². The monoisotopic (exact) mass is 527 g/mol. The molecule has 0 saturated heterocycles. The fraction of sp³-hybridized carbons (Fsp3) is 0.118. The number of nitrogens with zero attached hydrogens (tertiary/aromatic N) is 5. The van der Waals surface area contributed by atoms with Crippen molar-refractivity contribution in [3.63, 3.8) is 0 Å². The van der Waals surface area contributed by atoms with Crippen LogP contribution in [0.2, 0.25) is 0 Å². The van der Waals surface area contributed by atoms with Gasteiger partial charge in [-0.15, -0.1) is 31.8 Å². The highest BCUT2D eigenvalue weighted by atomic mass is 79.9. The Hall–Kier alpha value is -1.31. The van der Waals surface area contributed by atoms with Gasteiger partial charge in [0.15, 0.2) is 8.96 Å². The van der Waals surface area contributed by atoms with E-state index in [1.807, 2.05) is 48.5 Å². The predicted molar refractivity (Wildman–Crippen MR) is 116 cm³/mol. The Morgan fingerprint density at radius 2 is 1.48 bits per heavy atom. The summed E-state index contributed by atoms with van der Waals surface area (Å²) in [7, 11) is -0.151. The van der Waals surface area contributed by atoms with Gasteiger partial charge < -0.3 is 4.52 Å². The van der Waals surface area contributed by atoms with Crippen molar-refractivity contribution in [1.82, 2.24) is 15.2 Å². The first-order valence-corrected chi connectivity index (χ1v) is 10.7. The zero-order chi connectivity index (χ0) is 19.1. The Kier molecular flexibility index (Phi) is 7.79. The van der Waals surface area contributed by atoms with Gasteiger partial charge in [0.1, 0.15) is 11.4 Å². The van der Waals surface area contributed by atoms with E-state index in [4.69, 9.17) is 16.1 Å². The molecule has 3 rings (SSSR count). The van der Waals surface area contributed by atoms with Gasteiger partial charge in [0.2, 0.25) is 0 Å². The lowest BCUT2D eigenvalue weighted by Crippen LogP contribution is -1.96. The molecule has 0 N–H and O–H groups in total. The van der Waals surface area contributed by atoms with Crippen LogP contribution in [0.25, 0.3) is 22.5 Å². The summed E-state index contributed by atoms with van der Waals surface area (Å²) in [5.74, 6) is 0.589. The Morgan fingerprint density at radius 1 is 0.889 bits per heavy atom. The van der Waals surface area contributed by atoms with Gasteiger partial charge in [0.05, 0.1) is 6.61 Å². The van der Waals surface area contributed by atoms with E-state index in [0.717, 1.165) is 20.1 Å². The summed E-state index contributed by atoms with van der Waals surface area (Å²) in [5, 5.41) is 12.4. The minimum atomic E-state index is -0.151. The van der Waals surface area contributed by atoms with Crippen molar-refractivity contribution in [1.29, 1.82) is 0 Å². The van der Waals surface area contributed by atoms with Crippen LogP contribution in [0, 0.1) is 0 Å². The number of hydrogen-bond acceptors (Lipinski definition) is 6. The van der Waals surface area contributed by atoms with Gasteiger partial charge in [-0.2, -0.15) is 0 Å². The lowest BCUT2D eigenvalue weighted by molar-refractivity contribution is 0.392. The molecule has 6 nitrogen and oxygen atoms in total. The van der Waals surface area contributed by atoms with Crippen molar-refractivity contribution in [2.24, 2.45) is 10.00 Å². The summed E-state index contributed by atoms with van der Waals surface area (Å²) < 4.78 is 7.16. The molecule has 1 aromatic heterocycles. The highest BCUT2D eigenvalue weighted by Gasteiger charge is 2.13. The van der Waals surface area contributed by atoms with Gasteiger partial charge in [-0.1, -0.05) is 56.1 Å². The molecule has 138 valence electrons. The van der Waals surface area contributed by atoms with Crippen LogP contribution in [0.4, 0.5) is 5.95 Å². The van der Waals surface area contributed by atoms with Crippen LogP contribution < -0.4 is 0 Å². The summed E-state index contributed by atoms with van der Waals surface area (Å²) in [6.45, 7) is 0.421. The molecule has 0 aliphatic heterocycles. The van der Waals surface area contributed by atoms with E-state index in [0.29, 0.717) is 23.9 Å². The predicted octanol–water partition coefficient (Wildman–Crippen LogP) is 6.58. The maximum atomic E-state index is 5.55. The lowest BCUT2D eigenvalue weighted by Gasteiger charge is -2.08. The zero-order valence-corrected chi connectivity index (χ0v) is 18.7. The van der Waals surface area contributed by atoms with Crippen LogP contribution >= 0.6 is 52.4 Å². The molecule has 0 spiro atoms. The molecule has 0 amide bonds. The first kappa shape index (κ1) is 20.4. The number of benzene rings is 2. The Balaban J connectivity index is 1.97. The minimum absolute atomic E-state index is 0.151. The summed E-state index contributed by atoms with van der Waals surface area (Å²) in [6, 6.07) is 15.6. The van der Waals surface area contributed by atoms with Crippen LogP contribution in [0.5, 0.6) is 0 Å².